The van der Waals surface area contributed by atoms with Crippen LogP contribution in [0, 0.1) is 6.92 Å². The van der Waals surface area contributed by atoms with Crippen molar-refractivity contribution in [1.29, 1.82) is 0 Å². The second kappa shape index (κ2) is 8.02. The van der Waals surface area contributed by atoms with Crippen LogP contribution in [0.1, 0.15) is 24.3 Å². The van der Waals surface area contributed by atoms with Gasteiger partial charge in [0.05, 0.1) is 12.1 Å². The molecule has 0 saturated carbocycles. The fraction of sp³-hybridized carbons (Fsp3) is 0.444. The number of amides is 1. The average Bonchev–Trinajstić information content (AvgIpc) is 3.21. The lowest BCUT2D eigenvalue weighted by Gasteiger charge is -2.03. The van der Waals surface area contributed by atoms with Crippen molar-refractivity contribution in [3.63, 3.8) is 0 Å². The van der Waals surface area contributed by atoms with Crippen LogP contribution in [0.2, 0.25) is 0 Å². The van der Waals surface area contributed by atoms with Crippen molar-refractivity contribution in [1.82, 2.24) is 10.3 Å². The van der Waals surface area contributed by atoms with Gasteiger partial charge in [0.15, 0.2) is 11.5 Å². The van der Waals surface area contributed by atoms with Crippen LogP contribution in [-0.2, 0) is 16.0 Å². The van der Waals surface area contributed by atoms with Gasteiger partial charge in [-0.3, -0.25) is 4.79 Å². The van der Waals surface area contributed by atoms with Crippen molar-refractivity contribution in [2.75, 3.05) is 27.1 Å². The van der Waals surface area contributed by atoms with Gasteiger partial charge < -0.3 is 23.9 Å². The first-order valence-corrected chi connectivity index (χ1v) is 8.29. The van der Waals surface area contributed by atoms with E-state index in [2.05, 4.69) is 10.3 Å². The second-order valence-corrected chi connectivity index (χ2v) is 5.82. The molecule has 25 heavy (non-hydrogen) atoms. The Bertz CT molecular complexity index is 741. The number of methoxy groups -OCH3 is 1. The van der Waals surface area contributed by atoms with Crippen LogP contribution >= 0.6 is 0 Å². The lowest BCUT2D eigenvalue weighted by molar-refractivity contribution is -0.120. The molecule has 134 valence electrons. The number of benzene rings is 1. The number of aromatic nitrogens is 1. The lowest BCUT2D eigenvalue weighted by atomic mass is 10.2. The summed E-state index contributed by atoms with van der Waals surface area (Å²) in [5.41, 5.74) is 1.43. The number of carbonyl (C=O) groups is 1. The van der Waals surface area contributed by atoms with Crippen molar-refractivity contribution >= 4 is 5.91 Å². The van der Waals surface area contributed by atoms with Crippen LogP contribution in [0.4, 0.5) is 0 Å². The number of fused-ring (bicyclic) bond motifs is 1. The summed E-state index contributed by atoms with van der Waals surface area (Å²) in [6, 6.07) is 5.51. The molecule has 3 rings (SSSR count). The molecule has 0 fully saturated rings. The molecule has 0 saturated heterocycles. The number of oxazole rings is 1. The van der Waals surface area contributed by atoms with Crippen molar-refractivity contribution < 1.29 is 23.4 Å². The third-order valence-electron chi connectivity index (χ3n) is 3.94. The van der Waals surface area contributed by atoms with Gasteiger partial charge in [0.1, 0.15) is 5.76 Å². The molecule has 2 heterocycles. The summed E-state index contributed by atoms with van der Waals surface area (Å²) in [5.74, 6) is 2.43. The third-order valence-corrected chi connectivity index (χ3v) is 3.94. The molecule has 0 aliphatic carbocycles. The summed E-state index contributed by atoms with van der Waals surface area (Å²) >= 11 is 0. The van der Waals surface area contributed by atoms with E-state index in [0.717, 1.165) is 18.4 Å². The van der Waals surface area contributed by atoms with E-state index in [1.54, 1.807) is 7.11 Å². The van der Waals surface area contributed by atoms with Crippen LogP contribution in [0.25, 0.3) is 11.5 Å². The minimum absolute atomic E-state index is 0.0638. The van der Waals surface area contributed by atoms with Crippen LogP contribution in [0.3, 0.4) is 0 Å². The highest BCUT2D eigenvalue weighted by Gasteiger charge is 2.18. The highest BCUT2D eigenvalue weighted by Crippen LogP contribution is 2.36. The number of nitrogens with one attached hydrogen (secondary N) is 1. The summed E-state index contributed by atoms with van der Waals surface area (Å²) in [4.78, 5) is 16.5. The van der Waals surface area contributed by atoms with Gasteiger partial charge in [0, 0.05) is 25.8 Å². The number of hydrogen-bond acceptors (Lipinski definition) is 6. The van der Waals surface area contributed by atoms with Crippen molar-refractivity contribution in [2.24, 2.45) is 0 Å². The monoisotopic (exact) mass is 346 g/mol. The zero-order valence-corrected chi connectivity index (χ0v) is 14.5. The quantitative estimate of drug-likeness (QED) is 0.739. The van der Waals surface area contributed by atoms with Crippen molar-refractivity contribution in [2.45, 2.75) is 26.2 Å². The standard InChI is InChI=1S/C18H22N2O5/c1-12-14(10-17(21)19-7-3-4-8-22-2)20-18(25-12)13-5-6-15-16(9-13)24-11-23-15/h5-6,9H,3-4,7-8,10-11H2,1-2H3,(H,19,21). The minimum atomic E-state index is -0.0638. The van der Waals surface area contributed by atoms with Crippen LogP contribution in [0.5, 0.6) is 11.5 Å². The first kappa shape index (κ1) is 17.3. The Morgan fingerprint density at radius 3 is 2.96 bits per heavy atom. The number of unbranched alkanes of at least 4 members (excludes halogenated alkanes) is 1. The lowest BCUT2D eigenvalue weighted by Crippen LogP contribution is -2.26. The van der Waals surface area contributed by atoms with Crippen LogP contribution in [-0.4, -0.2) is 37.9 Å². The molecule has 1 N–H and O–H groups in total. The SMILES string of the molecule is COCCCCNC(=O)Cc1nc(-c2ccc3c(c2)OCO3)oc1C. The maximum absolute atomic E-state index is 12.0. The van der Waals surface area contributed by atoms with E-state index < -0.39 is 0 Å². The van der Waals surface area contributed by atoms with Gasteiger partial charge in [-0.15, -0.1) is 0 Å². The second-order valence-electron chi connectivity index (χ2n) is 5.82. The molecule has 1 aliphatic heterocycles. The fourth-order valence-corrected chi connectivity index (χ4v) is 2.56. The molecule has 0 bridgehead atoms. The molecule has 1 aromatic heterocycles. The first-order valence-electron chi connectivity index (χ1n) is 8.29. The Morgan fingerprint density at radius 1 is 1.28 bits per heavy atom. The Labute approximate surface area is 146 Å². The smallest absolute Gasteiger partial charge is 0.231 e. The molecule has 7 nitrogen and oxygen atoms in total. The van der Waals surface area contributed by atoms with Crippen molar-refractivity contribution in [3.8, 4) is 23.0 Å². The number of nitrogens with zero attached hydrogens (tertiary/aromatic N) is 1. The van der Waals surface area contributed by atoms with E-state index in [1.165, 1.54) is 0 Å². The molecule has 1 aliphatic rings. The fourth-order valence-electron chi connectivity index (χ4n) is 2.56. The predicted molar refractivity (Wildman–Crippen MR) is 90.6 cm³/mol. The predicted octanol–water partition coefficient (Wildman–Crippen LogP) is 2.46. The minimum Gasteiger partial charge on any atom is -0.454 e. The topological polar surface area (TPSA) is 82.8 Å². The number of ether oxygens (including phenoxy) is 3. The number of rotatable bonds is 8. The zero-order valence-electron chi connectivity index (χ0n) is 14.5. The maximum atomic E-state index is 12.0. The summed E-state index contributed by atoms with van der Waals surface area (Å²) < 4.78 is 21.4. The third kappa shape index (κ3) is 4.30. The number of hydrogen-bond donors (Lipinski definition) is 1. The summed E-state index contributed by atoms with van der Waals surface area (Å²) in [6.45, 7) is 3.37. The van der Waals surface area contributed by atoms with Crippen LogP contribution < -0.4 is 14.8 Å². The van der Waals surface area contributed by atoms with Crippen LogP contribution in [0.15, 0.2) is 22.6 Å². The molecule has 1 aromatic carbocycles. The largest absolute Gasteiger partial charge is 0.454 e. The molecular formula is C18H22N2O5. The van der Waals surface area contributed by atoms with Gasteiger partial charge in [-0.05, 0) is 38.0 Å². The molecule has 2 aromatic rings. The van der Waals surface area contributed by atoms with E-state index in [1.807, 2.05) is 25.1 Å². The van der Waals surface area contributed by atoms with E-state index in [-0.39, 0.29) is 19.1 Å². The molecule has 0 atom stereocenters. The first-order chi connectivity index (χ1) is 12.2. The number of carbonyl (C=O) groups excluding carboxylic acids is 1. The summed E-state index contributed by atoms with van der Waals surface area (Å²) in [5, 5.41) is 2.89. The van der Waals surface area contributed by atoms with Crippen molar-refractivity contribution in [3.05, 3.63) is 29.7 Å². The van der Waals surface area contributed by atoms with E-state index in [4.69, 9.17) is 18.6 Å². The normalized spacial score (nSPS) is 12.4. The Morgan fingerprint density at radius 2 is 2.12 bits per heavy atom. The summed E-state index contributed by atoms with van der Waals surface area (Å²) in [6.07, 6.45) is 2.01. The van der Waals surface area contributed by atoms with Gasteiger partial charge in [-0.2, -0.15) is 0 Å². The van der Waals surface area contributed by atoms with Gasteiger partial charge in [-0.25, -0.2) is 4.98 Å². The van der Waals surface area contributed by atoms with Gasteiger partial charge in [0.25, 0.3) is 0 Å². The highest BCUT2D eigenvalue weighted by molar-refractivity contribution is 5.78. The zero-order chi connectivity index (χ0) is 17.6. The molecule has 7 heteroatoms. The van der Waals surface area contributed by atoms with Gasteiger partial charge in [-0.1, -0.05) is 0 Å². The highest BCUT2D eigenvalue weighted by atomic mass is 16.7. The van der Waals surface area contributed by atoms with Gasteiger partial charge >= 0.3 is 0 Å². The van der Waals surface area contributed by atoms with E-state index >= 15 is 0 Å². The van der Waals surface area contributed by atoms with E-state index in [0.29, 0.717) is 42.0 Å². The maximum Gasteiger partial charge on any atom is 0.231 e. The van der Waals surface area contributed by atoms with Gasteiger partial charge in [0.2, 0.25) is 18.6 Å². The summed E-state index contributed by atoms with van der Waals surface area (Å²) in [7, 11) is 1.67. The van der Waals surface area contributed by atoms with E-state index in [9.17, 15) is 4.79 Å². The molecule has 1 amide bonds. The molecular weight excluding hydrogens is 324 g/mol. The molecule has 0 unspecified atom stereocenters. The molecule has 0 radical (unpaired) electrons. The number of aryl methyl sites for hydroxylation is 1. The Balaban J connectivity index is 1.59. The average molecular weight is 346 g/mol. The Kier molecular flexibility index (Phi) is 5.55. The Hall–Kier alpha value is -2.54. The molecule has 0 spiro atoms.